The fourth-order valence-corrected chi connectivity index (χ4v) is 8.58. The Morgan fingerprint density at radius 1 is 0.610 bits per heavy atom. The van der Waals surface area contributed by atoms with Crippen LogP contribution in [0, 0.1) is 30.2 Å². The van der Waals surface area contributed by atoms with Crippen LogP contribution in [-0.2, 0) is 49.1 Å². The molecule has 0 saturated carbocycles. The highest BCUT2D eigenvalue weighted by atomic mass is 35.5. The second kappa shape index (κ2) is 37.4. The Morgan fingerprint density at radius 3 is 1.35 bits per heavy atom. The zero-order valence-corrected chi connectivity index (χ0v) is 58.0. The third-order valence-electron chi connectivity index (χ3n) is 13.0. The van der Waals surface area contributed by atoms with E-state index >= 15 is 0 Å². The Hall–Kier alpha value is -9.03. The molecule has 0 bridgehead atoms. The minimum atomic E-state index is -4.66. The van der Waals surface area contributed by atoms with Crippen LogP contribution in [0.2, 0.25) is 20.1 Å². The van der Waals surface area contributed by atoms with Gasteiger partial charge in [0.15, 0.2) is 12.1 Å². The number of nitrogens with zero attached hydrogens (tertiary/aromatic N) is 6. The van der Waals surface area contributed by atoms with Crippen LogP contribution in [0.4, 0.5) is 78.5 Å². The molecule has 2 aliphatic heterocycles. The van der Waals surface area contributed by atoms with Crippen LogP contribution in [-0.4, -0.2) is 182 Å². The summed E-state index contributed by atoms with van der Waals surface area (Å²) in [5, 5.41) is 41.3. The number of benzene rings is 4. The summed E-state index contributed by atoms with van der Waals surface area (Å²) in [6.07, 6.45) is -7.97. The van der Waals surface area contributed by atoms with Gasteiger partial charge in [-0.15, -0.1) is 0 Å². The average molecular weight is 1500 g/mol. The first-order valence-corrected chi connectivity index (χ1v) is 30.4. The molecule has 0 unspecified atom stereocenters. The minimum absolute atomic E-state index is 0.0133. The van der Waals surface area contributed by atoms with E-state index in [-0.39, 0.29) is 56.4 Å². The topological polar surface area (TPSA) is 363 Å². The number of pyridine rings is 1. The van der Waals surface area contributed by atoms with E-state index in [1.165, 1.54) is 99.5 Å². The summed E-state index contributed by atoms with van der Waals surface area (Å²) in [5.74, 6) is -6.16. The van der Waals surface area contributed by atoms with Crippen molar-refractivity contribution in [1.82, 2.24) is 20.9 Å². The SMILES string of the molecule is CC(C)(C)OC(=O)N[C@@H](CO)C(=O)O.CN(C(=O)[C@@H](N)CO)c1ccc(F)c(Cl)c1.CN(C(=O)[C@@H]1COC(=O)N1)c1ccc(F)c(Cl)c1.CN(C(=O)[C@H](CO)NC(=O)OC(C)(C)C)c1ccc(F)c(Cl)c1.Cc1cc(C(F)(F)F)cc(N2C(=O)OC[C@H]2C(=O)N(C)c2ccc(F)c(Cl)c2)n1. The summed E-state index contributed by atoms with van der Waals surface area (Å²) < 4.78 is 111. The molecule has 1 aromatic heterocycles. The molecular weight excluding hydrogens is 1430 g/mol. The van der Waals surface area contributed by atoms with Crippen molar-refractivity contribution in [2.24, 2.45) is 5.73 Å². The number of aliphatic hydroxyl groups is 3. The van der Waals surface area contributed by atoms with Crippen LogP contribution in [0.15, 0.2) is 84.9 Å². The Kier molecular flexibility index (Phi) is 31.9. The second-order valence-corrected chi connectivity index (χ2v) is 24.6. The van der Waals surface area contributed by atoms with Crippen LogP contribution in [0.25, 0.3) is 0 Å². The van der Waals surface area contributed by atoms with E-state index in [1.54, 1.807) is 41.5 Å². The van der Waals surface area contributed by atoms with Crippen molar-refractivity contribution in [3.63, 3.8) is 0 Å². The van der Waals surface area contributed by atoms with Crippen LogP contribution in [0.1, 0.15) is 52.8 Å². The number of nitrogens with two attached hydrogens (primary N) is 1. The number of aryl methyl sites for hydroxylation is 1. The number of hydrogen-bond acceptors (Lipinski definition) is 18. The quantitative estimate of drug-likeness (QED) is 0.0358. The molecule has 4 aromatic carbocycles. The number of likely N-dealkylation sites (N-methyl/N-ethyl adjacent to an activating group) is 4. The molecule has 8 amide bonds. The molecule has 548 valence electrons. The summed E-state index contributed by atoms with van der Waals surface area (Å²) in [6, 6.07) is 11.2. The normalized spacial score (nSPS) is 14.8. The number of aliphatic hydroxyl groups excluding tert-OH is 3. The molecule has 7 rings (SSSR count). The minimum Gasteiger partial charge on any atom is -0.480 e. The predicted octanol–water partition coefficient (Wildman–Crippen LogP) is 8.79. The summed E-state index contributed by atoms with van der Waals surface area (Å²) in [6.45, 7) is 9.20. The van der Waals surface area contributed by atoms with E-state index in [9.17, 15) is 79.0 Å². The van der Waals surface area contributed by atoms with Crippen molar-refractivity contribution < 1.29 is 113 Å². The molecule has 0 spiro atoms. The van der Waals surface area contributed by atoms with Crippen molar-refractivity contribution in [3.05, 3.63) is 140 Å². The second-order valence-electron chi connectivity index (χ2n) is 23.0. The van der Waals surface area contributed by atoms with Gasteiger partial charge in [-0.3, -0.25) is 19.2 Å². The van der Waals surface area contributed by atoms with Gasteiger partial charge in [0.1, 0.15) is 71.6 Å². The van der Waals surface area contributed by atoms with Crippen LogP contribution >= 0.6 is 46.4 Å². The average Bonchev–Trinajstić information content (AvgIpc) is 1.56. The summed E-state index contributed by atoms with van der Waals surface area (Å²) in [5.41, 5.74) is 4.36. The van der Waals surface area contributed by atoms with Gasteiger partial charge in [0.25, 0.3) is 17.7 Å². The number of carboxylic acid groups (broad SMARTS) is 1. The van der Waals surface area contributed by atoms with Gasteiger partial charge in [0.2, 0.25) is 5.91 Å². The monoisotopic (exact) mass is 1500 g/mol. The predicted molar refractivity (Wildman–Crippen MR) is 352 cm³/mol. The first kappa shape index (κ1) is 85.2. The molecule has 100 heavy (non-hydrogen) atoms. The number of cyclic esters (lactones) is 2. The zero-order valence-electron chi connectivity index (χ0n) is 55.0. The molecular formula is C62H71Cl4F7N10O17. The number of carbonyl (C=O) groups is 9. The van der Waals surface area contributed by atoms with Gasteiger partial charge in [-0.25, -0.2) is 51.4 Å². The number of aromatic nitrogens is 1. The zero-order chi connectivity index (χ0) is 76.2. The summed E-state index contributed by atoms with van der Waals surface area (Å²) >= 11 is 22.6. The van der Waals surface area contributed by atoms with Crippen molar-refractivity contribution in [1.29, 1.82) is 0 Å². The lowest BCUT2D eigenvalue weighted by Crippen LogP contribution is -2.50. The van der Waals surface area contributed by atoms with E-state index in [2.05, 4.69) is 20.4 Å². The lowest BCUT2D eigenvalue weighted by atomic mass is 10.2. The van der Waals surface area contributed by atoms with Gasteiger partial charge in [0, 0.05) is 56.6 Å². The maximum absolute atomic E-state index is 13.4. The Balaban J connectivity index is 0.000000334. The molecule has 5 aromatic rings. The van der Waals surface area contributed by atoms with Crippen LogP contribution < -0.4 is 46.2 Å². The van der Waals surface area contributed by atoms with Gasteiger partial charge < -0.3 is 80.7 Å². The van der Waals surface area contributed by atoms with E-state index < -0.39 is 144 Å². The fraction of sp³-hybridized carbons (Fsp3) is 0.387. The lowest BCUT2D eigenvalue weighted by Gasteiger charge is -2.26. The standard InChI is InChI=1S/C18H14ClF4N3O3.C15H20ClFN2O4.C11H10ClFN2O3.C10H12ClFN2O2.C8H15NO5/c1-9-5-10(18(21,22)23)6-15(24-9)26-14(8-29-17(26)28)16(27)25(2)11-3-4-13(20)12(19)7-11;1-15(2,3)23-14(22)18-12(8-20)13(21)19(4)9-5-6-11(17)10(16)7-9;1-15(6-2-3-8(13)7(12)4-6)10(16)9-5-18-11(17)14-9;1-14(10(16)9(13)5-15)6-2-3-8(12)7(11)4-6;1-8(2,3)14-7(13)9-5(4-10)6(11)12/h3-7,14H,8H2,1-2H3;5-7,12,20H,8H2,1-4H3,(H,18,22);2-4,9H,5H2,1H3,(H,14,17);2-4,9,15H,5,13H2,1H3;5,10H,4H2,1-3H3,(H,9,13)(H,11,12)/t14-;12-;2*9-;5-/m00000/s1. The smallest absolute Gasteiger partial charge is 0.416 e. The molecule has 2 fully saturated rings. The van der Waals surface area contributed by atoms with Crippen LogP contribution in [0.3, 0.4) is 0 Å². The molecule has 0 radical (unpaired) electrons. The van der Waals surface area contributed by atoms with Crippen molar-refractivity contribution in [2.45, 2.75) is 96.1 Å². The number of anilines is 5. The highest BCUT2D eigenvalue weighted by molar-refractivity contribution is 6.32. The lowest BCUT2D eigenvalue weighted by molar-refractivity contribution is -0.140. The molecule has 2 saturated heterocycles. The first-order valence-electron chi connectivity index (χ1n) is 28.9. The third-order valence-corrected chi connectivity index (χ3v) is 14.1. The summed E-state index contributed by atoms with van der Waals surface area (Å²) in [7, 11) is 5.76. The van der Waals surface area contributed by atoms with E-state index in [4.69, 9.17) is 81.7 Å². The number of carboxylic acids is 1. The van der Waals surface area contributed by atoms with Gasteiger partial charge in [-0.1, -0.05) is 46.4 Å². The molecule has 9 N–H and O–H groups in total. The highest BCUT2D eigenvalue weighted by Crippen LogP contribution is 2.34. The summed E-state index contributed by atoms with van der Waals surface area (Å²) in [4.78, 5) is 114. The molecule has 38 heteroatoms. The number of alkyl halides is 3. The number of nitrogens with one attached hydrogen (secondary N) is 3. The number of hydrogen-bond donors (Lipinski definition) is 8. The first-order chi connectivity index (χ1) is 46.2. The Labute approximate surface area is 587 Å². The van der Waals surface area contributed by atoms with Gasteiger partial charge in [-0.2, -0.15) is 13.2 Å². The Morgan fingerprint density at radius 2 is 1.00 bits per heavy atom. The fourth-order valence-electron chi connectivity index (χ4n) is 7.88. The van der Waals surface area contributed by atoms with E-state index in [1.807, 2.05) is 5.32 Å². The number of amides is 8. The Bertz CT molecular complexity index is 3760. The third kappa shape index (κ3) is 25.9. The molecule has 27 nitrogen and oxygen atoms in total. The largest absolute Gasteiger partial charge is 0.480 e. The number of carbonyl (C=O) groups excluding carboxylic acids is 8. The number of aliphatic carboxylic acids is 1. The van der Waals surface area contributed by atoms with E-state index in [0.717, 1.165) is 39.0 Å². The van der Waals surface area contributed by atoms with Crippen LogP contribution in [0.5, 0.6) is 0 Å². The molecule has 3 heterocycles. The van der Waals surface area contributed by atoms with Crippen molar-refractivity contribution in [2.75, 3.05) is 85.7 Å². The van der Waals surface area contributed by atoms with E-state index in [0.29, 0.717) is 23.1 Å². The van der Waals surface area contributed by atoms with Crippen molar-refractivity contribution >= 4 is 129 Å². The van der Waals surface area contributed by atoms with Gasteiger partial charge in [-0.05, 0) is 133 Å². The number of alkyl carbamates (subject to hydrolysis) is 3. The molecule has 5 atom stereocenters. The molecule has 0 aliphatic carbocycles. The van der Waals surface area contributed by atoms with Crippen molar-refractivity contribution in [3.8, 4) is 0 Å². The number of ether oxygens (including phenoxy) is 4. The highest BCUT2D eigenvalue weighted by Gasteiger charge is 2.43. The number of halogens is 11. The maximum atomic E-state index is 13.4. The number of rotatable bonds is 15. The molecule has 2 aliphatic rings. The van der Waals surface area contributed by atoms with Gasteiger partial charge >= 0.3 is 36.5 Å². The van der Waals surface area contributed by atoms with Gasteiger partial charge in [0.05, 0.1) is 45.5 Å². The maximum Gasteiger partial charge on any atom is 0.416 e.